The Morgan fingerprint density at radius 2 is 2.11 bits per heavy atom. The number of nitrogens with zero attached hydrogens (tertiary/aromatic N) is 5. The number of aromatic nitrogens is 5. The number of halogens is 1. The minimum Gasteiger partial charge on any atom is -0.454 e. The van der Waals surface area contributed by atoms with E-state index in [2.05, 4.69) is 20.2 Å². The highest BCUT2D eigenvalue weighted by Gasteiger charge is 2.16. The average Bonchev–Trinajstić information content (AvgIpc) is 3.09. The van der Waals surface area contributed by atoms with Crippen LogP contribution in [0.5, 0.6) is 11.5 Å². The molecule has 0 saturated heterocycles. The maximum absolute atomic E-state index is 13.3. The Morgan fingerprint density at radius 3 is 2.93 bits per heavy atom. The Bertz CT molecular complexity index is 1140. The molecule has 0 aliphatic carbocycles. The molecule has 0 radical (unpaired) electrons. The molecular formula is C19H14FN5O2. The number of carbonyl (C=O) groups excluding carboxylic acids is 1. The van der Waals surface area contributed by atoms with Crippen LogP contribution in [-0.4, -0.2) is 30.3 Å². The molecule has 0 aromatic carbocycles. The normalized spacial score (nSPS) is 10.9. The van der Waals surface area contributed by atoms with Crippen molar-refractivity contribution < 1.29 is 13.9 Å². The molecule has 0 atom stereocenters. The van der Waals surface area contributed by atoms with Crippen LogP contribution in [0.15, 0.2) is 55.2 Å². The van der Waals surface area contributed by atoms with Crippen molar-refractivity contribution in [2.45, 2.75) is 13.3 Å². The summed E-state index contributed by atoms with van der Waals surface area (Å²) in [5, 5.41) is 7.85. The summed E-state index contributed by atoms with van der Waals surface area (Å²) in [6, 6.07) is 8.29. The Kier molecular flexibility index (Phi) is 4.29. The van der Waals surface area contributed by atoms with Gasteiger partial charge in [0.2, 0.25) is 0 Å². The summed E-state index contributed by atoms with van der Waals surface area (Å²) in [5.41, 5.74) is 2.26. The topological polar surface area (TPSA) is 82.3 Å². The van der Waals surface area contributed by atoms with E-state index in [1.165, 1.54) is 18.6 Å². The Balaban J connectivity index is 1.69. The van der Waals surface area contributed by atoms with Crippen LogP contribution in [0.4, 0.5) is 4.39 Å². The molecule has 7 nitrogen and oxygen atoms in total. The van der Waals surface area contributed by atoms with Crippen molar-refractivity contribution in [1.29, 1.82) is 0 Å². The molecule has 4 aromatic rings. The summed E-state index contributed by atoms with van der Waals surface area (Å²) >= 11 is 0. The summed E-state index contributed by atoms with van der Waals surface area (Å²) in [6.07, 6.45) is 5.67. The lowest BCUT2D eigenvalue weighted by molar-refractivity contribution is 0.0992. The van der Waals surface area contributed by atoms with E-state index >= 15 is 0 Å². The van der Waals surface area contributed by atoms with Crippen molar-refractivity contribution in [2.24, 2.45) is 0 Å². The van der Waals surface area contributed by atoms with Gasteiger partial charge in [-0.05, 0) is 25.1 Å². The van der Waals surface area contributed by atoms with Crippen molar-refractivity contribution in [3.8, 4) is 11.5 Å². The summed E-state index contributed by atoms with van der Waals surface area (Å²) in [6.45, 7) is 1.87. The van der Waals surface area contributed by atoms with Gasteiger partial charge in [0, 0.05) is 17.5 Å². The molecule has 134 valence electrons. The van der Waals surface area contributed by atoms with Crippen LogP contribution in [0.3, 0.4) is 0 Å². The first-order valence-electron chi connectivity index (χ1n) is 8.16. The van der Waals surface area contributed by atoms with E-state index in [1.54, 1.807) is 22.7 Å². The smallest absolute Gasteiger partial charge is 0.172 e. The van der Waals surface area contributed by atoms with Crippen molar-refractivity contribution in [3.05, 3.63) is 78.0 Å². The van der Waals surface area contributed by atoms with E-state index in [0.717, 1.165) is 11.9 Å². The van der Waals surface area contributed by atoms with Gasteiger partial charge in [-0.15, -0.1) is 10.2 Å². The molecule has 0 amide bonds. The van der Waals surface area contributed by atoms with Crippen LogP contribution >= 0.6 is 0 Å². The first kappa shape index (κ1) is 16.8. The summed E-state index contributed by atoms with van der Waals surface area (Å²) in [5.74, 6) is -0.120. The van der Waals surface area contributed by atoms with Gasteiger partial charge in [-0.3, -0.25) is 19.2 Å². The lowest BCUT2D eigenvalue weighted by Crippen LogP contribution is -2.08. The van der Waals surface area contributed by atoms with Gasteiger partial charge in [0.05, 0.1) is 30.6 Å². The molecule has 0 bridgehead atoms. The molecule has 0 fully saturated rings. The number of pyridine rings is 3. The lowest BCUT2D eigenvalue weighted by Gasteiger charge is -2.09. The molecule has 0 aliphatic rings. The maximum Gasteiger partial charge on any atom is 0.172 e. The maximum atomic E-state index is 13.3. The predicted octanol–water partition coefficient (Wildman–Crippen LogP) is 3.18. The minimum atomic E-state index is -0.514. The predicted molar refractivity (Wildman–Crippen MR) is 94.3 cm³/mol. The third-order valence-corrected chi connectivity index (χ3v) is 3.87. The number of hydrogen-bond donors (Lipinski definition) is 0. The van der Waals surface area contributed by atoms with E-state index < -0.39 is 5.82 Å². The number of carbonyl (C=O) groups is 1. The quantitative estimate of drug-likeness (QED) is 0.507. The monoisotopic (exact) mass is 363 g/mol. The molecular weight excluding hydrogens is 349 g/mol. The standard InChI is InChI=1S/C19H14FN5O2/c1-12-3-2-4-14(23-12)6-18(26)17-7-16(10-25-11-22-24-19(17)25)27-15-5-13(20)8-21-9-15/h2-5,7-11H,6H2,1H3. The Hall–Kier alpha value is -3.68. The van der Waals surface area contributed by atoms with Crippen molar-refractivity contribution in [2.75, 3.05) is 0 Å². The van der Waals surface area contributed by atoms with Gasteiger partial charge in [0.1, 0.15) is 23.6 Å². The molecule has 4 heterocycles. The first-order valence-corrected chi connectivity index (χ1v) is 8.16. The second-order valence-electron chi connectivity index (χ2n) is 5.96. The van der Waals surface area contributed by atoms with Gasteiger partial charge >= 0.3 is 0 Å². The van der Waals surface area contributed by atoms with Gasteiger partial charge in [-0.1, -0.05) is 6.07 Å². The number of aryl methyl sites for hydroxylation is 1. The number of Topliss-reactive ketones (excluding diaryl/α,β-unsaturated/α-hetero) is 1. The van der Waals surface area contributed by atoms with Gasteiger partial charge in [-0.25, -0.2) is 4.39 Å². The summed E-state index contributed by atoms with van der Waals surface area (Å²) in [7, 11) is 0. The second-order valence-corrected chi connectivity index (χ2v) is 5.96. The van der Waals surface area contributed by atoms with Crippen LogP contribution in [-0.2, 0) is 6.42 Å². The fourth-order valence-corrected chi connectivity index (χ4v) is 2.71. The third kappa shape index (κ3) is 3.64. The molecule has 4 aromatic heterocycles. The Labute approximate surface area is 153 Å². The van der Waals surface area contributed by atoms with Crippen LogP contribution < -0.4 is 4.74 Å². The highest BCUT2D eigenvalue weighted by molar-refractivity contribution is 6.02. The van der Waals surface area contributed by atoms with E-state index in [9.17, 15) is 9.18 Å². The largest absolute Gasteiger partial charge is 0.454 e. The van der Waals surface area contributed by atoms with Crippen molar-refractivity contribution in [1.82, 2.24) is 24.6 Å². The molecule has 27 heavy (non-hydrogen) atoms. The zero-order valence-electron chi connectivity index (χ0n) is 14.3. The van der Waals surface area contributed by atoms with Crippen molar-refractivity contribution >= 4 is 11.4 Å². The molecule has 4 rings (SSSR count). The summed E-state index contributed by atoms with van der Waals surface area (Å²) in [4.78, 5) is 21.0. The van der Waals surface area contributed by atoms with E-state index in [0.29, 0.717) is 22.7 Å². The second kappa shape index (κ2) is 6.91. The number of ketones is 1. The number of rotatable bonds is 5. The minimum absolute atomic E-state index is 0.120. The fourth-order valence-electron chi connectivity index (χ4n) is 2.71. The van der Waals surface area contributed by atoms with Gasteiger partial charge in [0.25, 0.3) is 0 Å². The van der Waals surface area contributed by atoms with Crippen LogP contribution in [0.25, 0.3) is 5.65 Å². The SMILES string of the molecule is Cc1cccc(CC(=O)c2cc(Oc3cncc(F)c3)cn3cnnc23)n1. The zero-order valence-corrected chi connectivity index (χ0v) is 14.3. The van der Waals surface area contributed by atoms with Gasteiger partial charge in [0.15, 0.2) is 11.4 Å². The van der Waals surface area contributed by atoms with Crippen LogP contribution in [0.1, 0.15) is 21.7 Å². The third-order valence-electron chi connectivity index (χ3n) is 3.87. The van der Waals surface area contributed by atoms with Crippen LogP contribution in [0.2, 0.25) is 0 Å². The average molecular weight is 363 g/mol. The highest BCUT2D eigenvalue weighted by atomic mass is 19.1. The lowest BCUT2D eigenvalue weighted by atomic mass is 10.1. The number of hydrogen-bond acceptors (Lipinski definition) is 6. The first-order chi connectivity index (χ1) is 13.1. The van der Waals surface area contributed by atoms with Gasteiger partial charge in [-0.2, -0.15) is 0 Å². The van der Waals surface area contributed by atoms with E-state index in [1.807, 2.05) is 19.1 Å². The van der Waals surface area contributed by atoms with Gasteiger partial charge < -0.3 is 4.74 Å². The Morgan fingerprint density at radius 1 is 1.22 bits per heavy atom. The molecule has 0 aliphatic heterocycles. The summed E-state index contributed by atoms with van der Waals surface area (Å²) < 4.78 is 20.6. The molecule has 0 N–H and O–H groups in total. The molecule has 0 spiro atoms. The van der Waals surface area contributed by atoms with Crippen LogP contribution in [0, 0.1) is 12.7 Å². The number of ether oxygens (including phenoxy) is 1. The van der Waals surface area contributed by atoms with E-state index in [-0.39, 0.29) is 18.0 Å². The number of fused-ring (bicyclic) bond motifs is 1. The van der Waals surface area contributed by atoms with Crippen molar-refractivity contribution in [3.63, 3.8) is 0 Å². The fraction of sp³-hybridized carbons (Fsp3) is 0.105. The zero-order chi connectivity index (χ0) is 18.8. The highest BCUT2D eigenvalue weighted by Crippen LogP contribution is 2.24. The molecule has 8 heteroatoms. The molecule has 0 unspecified atom stereocenters. The van der Waals surface area contributed by atoms with E-state index in [4.69, 9.17) is 4.74 Å². The molecule has 0 saturated carbocycles.